The lowest BCUT2D eigenvalue weighted by Crippen LogP contribution is -2.46. The van der Waals surface area contributed by atoms with Crippen LogP contribution in [0.15, 0.2) is 60.8 Å². The molecule has 0 saturated carbocycles. The van der Waals surface area contributed by atoms with E-state index in [-0.39, 0.29) is 11.7 Å². The molecule has 8 nitrogen and oxygen atoms in total. The monoisotopic (exact) mass is 455 g/mol. The van der Waals surface area contributed by atoms with Crippen molar-refractivity contribution in [2.24, 2.45) is 0 Å². The standard InChI is InChI=1S/C26H25N5O3/c1-34-23-5-3-2-4-18(23)6-11-22-24-21(26(33)30-16-14-27-15-17-30)12-13-28-25(24)31(29-22)19-7-9-20(32)10-8-19/h2-13,27,32H,14-17H2,1H3. The second-order valence-corrected chi connectivity index (χ2v) is 7.99. The fraction of sp³-hybridized carbons (Fsp3) is 0.192. The number of aromatic hydroxyl groups is 1. The first-order valence-electron chi connectivity index (χ1n) is 11.1. The van der Waals surface area contributed by atoms with Gasteiger partial charge in [-0.15, -0.1) is 0 Å². The molecule has 34 heavy (non-hydrogen) atoms. The number of para-hydroxylation sites is 1. The zero-order valence-corrected chi connectivity index (χ0v) is 18.8. The van der Waals surface area contributed by atoms with Crippen LogP contribution in [0.5, 0.6) is 11.5 Å². The summed E-state index contributed by atoms with van der Waals surface area (Å²) in [5.41, 5.74) is 3.40. The number of nitrogens with zero attached hydrogens (tertiary/aromatic N) is 4. The third-order valence-electron chi connectivity index (χ3n) is 5.88. The van der Waals surface area contributed by atoms with E-state index in [2.05, 4.69) is 10.3 Å². The number of carbonyl (C=O) groups excluding carboxylic acids is 1. The maximum Gasteiger partial charge on any atom is 0.254 e. The van der Waals surface area contributed by atoms with E-state index in [1.54, 1.807) is 48.3 Å². The summed E-state index contributed by atoms with van der Waals surface area (Å²) in [6.45, 7) is 2.85. The van der Waals surface area contributed by atoms with E-state index < -0.39 is 0 Å². The van der Waals surface area contributed by atoms with Crippen LogP contribution < -0.4 is 10.1 Å². The number of phenolic OH excluding ortho intramolecular Hbond substituents is 1. The zero-order chi connectivity index (χ0) is 23.5. The molecule has 172 valence electrons. The maximum absolute atomic E-state index is 13.5. The number of amides is 1. The van der Waals surface area contributed by atoms with Gasteiger partial charge in [0, 0.05) is 37.9 Å². The minimum absolute atomic E-state index is 0.0360. The van der Waals surface area contributed by atoms with Gasteiger partial charge >= 0.3 is 0 Å². The van der Waals surface area contributed by atoms with Gasteiger partial charge in [0.05, 0.1) is 29.4 Å². The second kappa shape index (κ2) is 9.36. The molecule has 1 fully saturated rings. The lowest BCUT2D eigenvalue weighted by Gasteiger charge is -2.27. The van der Waals surface area contributed by atoms with Gasteiger partial charge in [-0.3, -0.25) is 4.79 Å². The van der Waals surface area contributed by atoms with E-state index in [4.69, 9.17) is 9.84 Å². The highest BCUT2D eigenvalue weighted by molar-refractivity contribution is 6.08. The number of pyridine rings is 1. The van der Waals surface area contributed by atoms with Gasteiger partial charge < -0.3 is 20.1 Å². The number of benzene rings is 2. The molecule has 1 aliphatic heterocycles. The summed E-state index contributed by atoms with van der Waals surface area (Å²) in [5.74, 6) is 0.876. The van der Waals surface area contributed by atoms with Crippen molar-refractivity contribution >= 4 is 29.1 Å². The molecular formula is C26H25N5O3. The van der Waals surface area contributed by atoms with Gasteiger partial charge in [0.2, 0.25) is 0 Å². The van der Waals surface area contributed by atoms with Crippen LogP contribution in [0.2, 0.25) is 0 Å². The molecule has 0 atom stereocenters. The first-order valence-corrected chi connectivity index (χ1v) is 11.1. The van der Waals surface area contributed by atoms with Crippen LogP contribution in [-0.2, 0) is 0 Å². The largest absolute Gasteiger partial charge is 0.508 e. The third-order valence-corrected chi connectivity index (χ3v) is 5.88. The molecule has 1 aliphatic rings. The van der Waals surface area contributed by atoms with E-state index >= 15 is 0 Å². The number of methoxy groups -OCH3 is 1. The quantitative estimate of drug-likeness (QED) is 0.480. The number of piperazine rings is 1. The van der Waals surface area contributed by atoms with Gasteiger partial charge in [-0.25, -0.2) is 9.67 Å². The molecule has 2 aromatic heterocycles. The number of aromatic nitrogens is 3. The van der Waals surface area contributed by atoms with Crippen LogP contribution >= 0.6 is 0 Å². The first-order chi connectivity index (χ1) is 16.7. The third kappa shape index (κ3) is 4.11. The number of rotatable bonds is 5. The summed E-state index contributed by atoms with van der Waals surface area (Å²) >= 11 is 0. The van der Waals surface area contributed by atoms with Crippen LogP contribution in [0, 0.1) is 0 Å². The Morgan fingerprint density at radius 1 is 1.06 bits per heavy atom. The first kappa shape index (κ1) is 21.7. The van der Waals surface area contributed by atoms with Gasteiger partial charge in [0.1, 0.15) is 11.5 Å². The molecular weight excluding hydrogens is 430 g/mol. The van der Waals surface area contributed by atoms with E-state index in [0.29, 0.717) is 35.4 Å². The number of fused-ring (bicyclic) bond motifs is 1. The van der Waals surface area contributed by atoms with Crippen LogP contribution in [0.25, 0.3) is 28.9 Å². The number of nitrogens with one attached hydrogen (secondary N) is 1. The Balaban J connectivity index is 1.67. The number of phenols is 1. The Kier molecular flexibility index (Phi) is 5.97. The van der Waals surface area contributed by atoms with Crippen molar-refractivity contribution in [3.8, 4) is 17.2 Å². The maximum atomic E-state index is 13.5. The van der Waals surface area contributed by atoms with E-state index in [9.17, 15) is 9.90 Å². The van der Waals surface area contributed by atoms with E-state index in [1.165, 1.54) is 0 Å². The number of hydrogen-bond acceptors (Lipinski definition) is 6. The zero-order valence-electron chi connectivity index (χ0n) is 18.8. The fourth-order valence-corrected chi connectivity index (χ4v) is 4.15. The van der Waals surface area contributed by atoms with Crippen molar-refractivity contribution in [3.63, 3.8) is 0 Å². The van der Waals surface area contributed by atoms with Crippen molar-refractivity contribution in [2.75, 3.05) is 33.3 Å². The Bertz CT molecular complexity index is 1350. The van der Waals surface area contributed by atoms with Gasteiger partial charge in [-0.05, 0) is 48.6 Å². The highest BCUT2D eigenvalue weighted by atomic mass is 16.5. The van der Waals surface area contributed by atoms with Crippen LogP contribution in [0.1, 0.15) is 21.6 Å². The second-order valence-electron chi connectivity index (χ2n) is 7.99. The average Bonchev–Trinajstić information content (AvgIpc) is 3.27. The van der Waals surface area contributed by atoms with Crippen molar-refractivity contribution in [1.82, 2.24) is 25.0 Å². The predicted octanol–water partition coefficient (Wildman–Crippen LogP) is 3.35. The topological polar surface area (TPSA) is 92.5 Å². The SMILES string of the molecule is COc1ccccc1C=Cc1nn(-c2ccc(O)cc2)c2nccc(C(=O)N3CCNCC3)c12. The fourth-order valence-electron chi connectivity index (χ4n) is 4.15. The molecule has 0 bridgehead atoms. The molecule has 2 aromatic carbocycles. The van der Waals surface area contributed by atoms with Crippen molar-refractivity contribution < 1.29 is 14.6 Å². The number of ether oxygens (including phenoxy) is 1. The molecule has 3 heterocycles. The molecule has 0 radical (unpaired) electrons. The van der Waals surface area contributed by atoms with Gasteiger partial charge in [0.25, 0.3) is 5.91 Å². The van der Waals surface area contributed by atoms with Crippen molar-refractivity contribution in [3.05, 3.63) is 77.6 Å². The summed E-state index contributed by atoms with van der Waals surface area (Å²) in [7, 11) is 1.63. The molecule has 2 N–H and O–H groups in total. The van der Waals surface area contributed by atoms with Crippen LogP contribution in [-0.4, -0.2) is 64.0 Å². The lowest BCUT2D eigenvalue weighted by atomic mass is 10.1. The summed E-state index contributed by atoms with van der Waals surface area (Å²) in [6, 6.07) is 16.2. The Morgan fingerprint density at radius 2 is 1.82 bits per heavy atom. The molecule has 0 spiro atoms. The molecule has 1 amide bonds. The average molecular weight is 456 g/mol. The van der Waals surface area contributed by atoms with Crippen LogP contribution in [0.4, 0.5) is 0 Å². The molecule has 5 rings (SSSR count). The van der Waals surface area contributed by atoms with Gasteiger partial charge in [-0.2, -0.15) is 5.10 Å². The Morgan fingerprint density at radius 3 is 2.59 bits per heavy atom. The normalized spacial score (nSPS) is 14.1. The van der Waals surface area contributed by atoms with Crippen molar-refractivity contribution in [2.45, 2.75) is 0 Å². The smallest absolute Gasteiger partial charge is 0.254 e. The summed E-state index contributed by atoms with van der Waals surface area (Å²) in [6.07, 6.45) is 5.45. The highest BCUT2D eigenvalue weighted by Crippen LogP contribution is 2.28. The molecule has 8 heteroatoms. The van der Waals surface area contributed by atoms with Crippen LogP contribution in [0.3, 0.4) is 0 Å². The van der Waals surface area contributed by atoms with Gasteiger partial charge in [-0.1, -0.05) is 18.2 Å². The molecule has 0 unspecified atom stereocenters. The number of carbonyl (C=O) groups is 1. The Labute approximate surface area is 197 Å². The van der Waals surface area contributed by atoms with Gasteiger partial charge in [0.15, 0.2) is 5.65 Å². The number of hydrogen-bond donors (Lipinski definition) is 2. The van der Waals surface area contributed by atoms with E-state index in [1.807, 2.05) is 41.3 Å². The molecule has 1 saturated heterocycles. The summed E-state index contributed by atoms with van der Waals surface area (Å²) in [5, 5.41) is 18.5. The summed E-state index contributed by atoms with van der Waals surface area (Å²) < 4.78 is 7.17. The lowest BCUT2D eigenvalue weighted by molar-refractivity contribution is 0.0737. The van der Waals surface area contributed by atoms with E-state index in [0.717, 1.165) is 30.1 Å². The minimum atomic E-state index is -0.0360. The predicted molar refractivity (Wildman–Crippen MR) is 131 cm³/mol. The highest BCUT2D eigenvalue weighted by Gasteiger charge is 2.24. The molecule has 0 aliphatic carbocycles. The Hall–Kier alpha value is -4.17. The summed E-state index contributed by atoms with van der Waals surface area (Å²) in [4.78, 5) is 19.9. The van der Waals surface area contributed by atoms with Crippen molar-refractivity contribution in [1.29, 1.82) is 0 Å². The molecule has 4 aromatic rings. The minimum Gasteiger partial charge on any atom is -0.508 e.